The average Bonchev–Trinajstić information content (AvgIpc) is 2.41. The number of halogens is 1. The number of aryl methyl sites for hydroxylation is 1. The Balaban J connectivity index is 0.000000980. The van der Waals surface area contributed by atoms with Gasteiger partial charge in [-0.15, -0.1) is 12.4 Å². The molecule has 0 radical (unpaired) electrons. The third-order valence-electron chi connectivity index (χ3n) is 2.53. The van der Waals surface area contributed by atoms with E-state index in [-0.39, 0.29) is 12.4 Å². The maximum atomic E-state index is 5.20. The topological polar surface area (TPSA) is 21.3 Å². The summed E-state index contributed by atoms with van der Waals surface area (Å²) in [7, 11) is 1.72. The molecule has 0 atom stereocenters. The minimum absolute atomic E-state index is 0. The van der Waals surface area contributed by atoms with Gasteiger partial charge in [0.1, 0.15) is 5.75 Å². The lowest BCUT2D eigenvalue weighted by Gasteiger charge is -2.07. The van der Waals surface area contributed by atoms with Crippen LogP contribution in [0.15, 0.2) is 18.2 Å². The number of hydrogen-bond donors (Lipinski definition) is 1. The van der Waals surface area contributed by atoms with Crippen molar-refractivity contribution in [3.63, 3.8) is 0 Å². The SMILES string of the molecule is COc1ccc2c(c1)CCCNC2.Cl. The molecule has 0 spiro atoms. The van der Waals surface area contributed by atoms with Crippen LogP contribution in [0.25, 0.3) is 0 Å². The Hall–Kier alpha value is -0.730. The largest absolute Gasteiger partial charge is 0.497 e. The first-order valence-electron chi connectivity index (χ1n) is 4.76. The van der Waals surface area contributed by atoms with Crippen LogP contribution in [0, 0.1) is 0 Å². The van der Waals surface area contributed by atoms with Crippen molar-refractivity contribution in [2.24, 2.45) is 0 Å². The quantitative estimate of drug-likeness (QED) is 0.772. The zero-order valence-corrected chi connectivity index (χ0v) is 9.19. The third kappa shape index (κ3) is 2.40. The summed E-state index contributed by atoms with van der Waals surface area (Å²) in [4.78, 5) is 0. The maximum Gasteiger partial charge on any atom is 0.119 e. The number of hydrogen-bond acceptors (Lipinski definition) is 2. The minimum atomic E-state index is 0. The van der Waals surface area contributed by atoms with Crippen molar-refractivity contribution in [2.75, 3.05) is 13.7 Å². The van der Waals surface area contributed by atoms with Gasteiger partial charge >= 0.3 is 0 Å². The molecular formula is C11H16ClNO. The number of fused-ring (bicyclic) bond motifs is 1. The van der Waals surface area contributed by atoms with Crippen LogP contribution in [0.2, 0.25) is 0 Å². The molecule has 1 aromatic carbocycles. The molecule has 2 nitrogen and oxygen atoms in total. The molecule has 1 aliphatic rings. The van der Waals surface area contributed by atoms with E-state index in [9.17, 15) is 0 Å². The van der Waals surface area contributed by atoms with E-state index in [2.05, 4.69) is 17.4 Å². The summed E-state index contributed by atoms with van der Waals surface area (Å²) in [5.74, 6) is 0.973. The Morgan fingerprint density at radius 2 is 2.14 bits per heavy atom. The number of rotatable bonds is 1. The fourth-order valence-electron chi connectivity index (χ4n) is 1.76. The van der Waals surface area contributed by atoms with E-state index in [1.54, 1.807) is 7.11 Å². The van der Waals surface area contributed by atoms with Crippen LogP contribution < -0.4 is 10.1 Å². The van der Waals surface area contributed by atoms with E-state index in [4.69, 9.17) is 4.74 Å². The molecule has 1 aliphatic heterocycles. The molecular weight excluding hydrogens is 198 g/mol. The molecule has 0 unspecified atom stereocenters. The van der Waals surface area contributed by atoms with Crippen LogP contribution in [-0.4, -0.2) is 13.7 Å². The molecule has 3 heteroatoms. The van der Waals surface area contributed by atoms with Gasteiger partial charge in [0.25, 0.3) is 0 Å². The standard InChI is InChI=1S/C11H15NO.ClH/c1-13-11-5-4-10-8-12-6-2-3-9(10)7-11;/h4-5,7,12H,2-3,6,8H2,1H3;1H. The van der Waals surface area contributed by atoms with Crippen molar-refractivity contribution in [2.45, 2.75) is 19.4 Å². The summed E-state index contributed by atoms with van der Waals surface area (Å²) >= 11 is 0. The molecule has 78 valence electrons. The summed E-state index contributed by atoms with van der Waals surface area (Å²) in [6.45, 7) is 2.12. The number of nitrogens with one attached hydrogen (secondary N) is 1. The molecule has 1 heterocycles. The fraction of sp³-hybridized carbons (Fsp3) is 0.455. The van der Waals surface area contributed by atoms with E-state index >= 15 is 0 Å². The summed E-state index contributed by atoms with van der Waals surface area (Å²) in [6, 6.07) is 6.35. The highest BCUT2D eigenvalue weighted by Gasteiger charge is 2.07. The van der Waals surface area contributed by atoms with E-state index in [1.165, 1.54) is 24.0 Å². The van der Waals surface area contributed by atoms with Crippen molar-refractivity contribution < 1.29 is 4.74 Å². The summed E-state index contributed by atoms with van der Waals surface area (Å²) in [6.07, 6.45) is 2.39. The molecule has 2 rings (SSSR count). The molecule has 0 amide bonds. The van der Waals surface area contributed by atoms with Crippen molar-refractivity contribution in [1.82, 2.24) is 5.32 Å². The van der Waals surface area contributed by atoms with Gasteiger partial charge in [-0.2, -0.15) is 0 Å². The predicted octanol–water partition coefficient (Wildman–Crippen LogP) is 2.15. The second kappa shape index (κ2) is 5.23. The van der Waals surface area contributed by atoms with E-state index < -0.39 is 0 Å². The molecule has 0 saturated heterocycles. The van der Waals surface area contributed by atoms with Crippen LogP contribution in [0.4, 0.5) is 0 Å². The molecule has 14 heavy (non-hydrogen) atoms. The summed E-state index contributed by atoms with van der Waals surface area (Å²) in [5.41, 5.74) is 2.85. The highest BCUT2D eigenvalue weighted by atomic mass is 35.5. The van der Waals surface area contributed by atoms with Crippen molar-refractivity contribution in [1.29, 1.82) is 0 Å². The molecule has 0 aliphatic carbocycles. The first-order valence-corrected chi connectivity index (χ1v) is 4.76. The Morgan fingerprint density at radius 3 is 2.93 bits per heavy atom. The van der Waals surface area contributed by atoms with E-state index in [0.29, 0.717) is 0 Å². The molecule has 1 N–H and O–H groups in total. The van der Waals surface area contributed by atoms with Crippen LogP contribution in [0.1, 0.15) is 17.5 Å². The van der Waals surface area contributed by atoms with Gasteiger partial charge in [0.2, 0.25) is 0 Å². The monoisotopic (exact) mass is 213 g/mol. The van der Waals surface area contributed by atoms with Gasteiger partial charge in [0.05, 0.1) is 7.11 Å². The second-order valence-corrected chi connectivity index (χ2v) is 3.41. The minimum Gasteiger partial charge on any atom is -0.497 e. The van der Waals surface area contributed by atoms with Crippen molar-refractivity contribution in [3.8, 4) is 5.75 Å². The lowest BCUT2D eigenvalue weighted by molar-refractivity contribution is 0.414. The van der Waals surface area contributed by atoms with Crippen LogP contribution in [0.3, 0.4) is 0 Å². The van der Waals surface area contributed by atoms with Gasteiger partial charge in [0, 0.05) is 6.54 Å². The van der Waals surface area contributed by atoms with Gasteiger partial charge in [-0.05, 0) is 42.6 Å². The number of benzene rings is 1. The molecule has 0 bridgehead atoms. The number of methoxy groups -OCH3 is 1. The lowest BCUT2D eigenvalue weighted by atomic mass is 10.0. The molecule has 1 aromatic rings. The van der Waals surface area contributed by atoms with Gasteiger partial charge < -0.3 is 10.1 Å². The Bertz CT molecular complexity index is 301. The Morgan fingerprint density at radius 1 is 1.29 bits per heavy atom. The second-order valence-electron chi connectivity index (χ2n) is 3.41. The first kappa shape index (κ1) is 11.3. The summed E-state index contributed by atoms with van der Waals surface area (Å²) < 4.78 is 5.20. The van der Waals surface area contributed by atoms with Gasteiger partial charge in [-0.3, -0.25) is 0 Å². The Kier molecular flexibility index (Phi) is 4.23. The third-order valence-corrected chi connectivity index (χ3v) is 2.53. The smallest absolute Gasteiger partial charge is 0.119 e. The molecule has 0 saturated carbocycles. The lowest BCUT2D eigenvalue weighted by Crippen LogP contribution is -2.11. The molecule has 0 aromatic heterocycles. The van der Waals surface area contributed by atoms with Crippen LogP contribution >= 0.6 is 12.4 Å². The first-order chi connectivity index (χ1) is 6.40. The van der Waals surface area contributed by atoms with Gasteiger partial charge in [0.15, 0.2) is 0 Å². The van der Waals surface area contributed by atoms with E-state index in [0.717, 1.165) is 18.8 Å². The zero-order valence-electron chi connectivity index (χ0n) is 8.38. The number of ether oxygens (including phenoxy) is 1. The van der Waals surface area contributed by atoms with Gasteiger partial charge in [-0.25, -0.2) is 0 Å². The normalized spacial score (nSPS) is 14.9. The van der Waals surface area contributed by atoms with Gasteiger partial charge in [-0.1, -0.05) is 6.07 Å². The highest BCUT2D eigenvalue weighted by molar-refractivity contribution is 5.85. The maximum absolute atomic E-state index is 5.20. The Labute approximate surface area is 91.1 Å². The highest BCUT2D eigenvalue weighted by Crippen LogP contribution is 2.20. The van der Waals surface area contributed by atoms with Crippen LogP contribution in [0.5, 0.6) is 5.75 Å². The zero-order chi connectivity index (χ0) is 9.10. The predicted molar refractivity (Wildman–Crippen MR) is 60.3 cm³/mol. The van der Waals surface area contributed by atoms with E-state index in [1.807, 2.05) is 6.07 Å². The summed E-state index contributed by atoms with van der Waals surface area (Å²) in [5, 5.41) is 3.40. The van der Waals surface area contributed by atoms with Crippen molar-refractivity contribution >= 4 is 12.4 Å². The molecule has 0 fully saturated rings. The average molecular weight is 214 g/mol. The van der Waals surface area contributed by atoms with Crippen molar-refractivity contribution in [3.05, 3.63) is 29.3 Å². The van der Waals surface area contributed by atoms with Crippen LogP contribution in [-0.2, 0) is 13.0 Å². The fourth-order valence-corrected chi connectivity index (χ4v) is 1.76.